The maximum Gasteiger partial charge on any atom is 0.0468 e. The summed E-state index contributed by atoms with van der Waals surface area (Å²) in [6.07, 6.45) is 0. The molecule has 0 aromatic heterocycles. The van der Waals surface area contributed by atoms with Crippen LogP contribution in [0, 0.1) is 0 Å². The summed E-state index contributed by atoms with van der Waals surface area (Å²) in [4.78, 5) is 2.37. The van der Waals surface area contributed by atoms with Gasteiger partial charge in [0.1, 0.15) is 0 Å². The molecule has 0 unspecified atom stereocenters. The molecule has 0 aliphatic heterocycles. The van der Waals surface area contributed by atoms with Gasteiger partial charge >= 0.3 is 0 Å². The number of rotatable bonds is 4. The van der Waals surface area contributed by atoms with Gasteiger partial charge in [0.15, 0.2) is 0 Å². The van der Waals surface area contributed by atoms with Gasteiger partial charge in [0.05, 0.1) is 0 Å². The van der Waals surface area contributed by atoms with Crippen LogP contribution in [0.5, 0.6) is 0 Å². The second kappa shape index (κ2) is 9.46. The highest BCUT2D eigenvalue weighted by Crippen LogP contribution is 2.55. The van der Waals surface area contributed by atoms with E-state index in [1.165, 1.54) is 54.9 Å². The summed E-state index contributed by atoms with van der Waals surface area (Å²) in [6.45, 7) is 4.76. The Morgan fingerprint density at radius 1 is 0.429 bits per heavy atom. The van der Waals surface area contributed by atoms with E-state index in [9.17, 15) is 0 Å². The van der Waals surface area contributed by atoms with E-state index >= 15 is 0 Å². The van der Waals surface area contributed by atoms with Crippen LogP contribution in [-0.2, 0) is 5.41 Å². The fourth-order valence-electron chi connectivity index (χ4n) is 7.09. The largest absolute Gasteiger partial charge is 0.310 e. The van der Waals surface area contributed by atoms with Crippen molar-refractivity contribution in [3.63, 3.8) is 0 Å². The average Bonchev–Trinajstić information content (AvgIpc) is 3.30. The summed E-state index contributed by atoms with van der Waals surface area (Å²) in [7, 11) is 0. The fourth-order valence-corrected chi connectivity index (χ4v) is 7.09. The highest BCUT2D eigenvalue weighted by molar-refractivity contribution is 6.19. The normalized spacial score (nSPS) is 13.2. The SMILES string of the molecule is CC1(C)c2ccccc2-c2c1c1ccc(N(c3ccccc3)c3ccc(-c4ccccc4)cc3)cc1c1ccccc21. The van der Waals surface area contributed by atoms with E-state index in [0.29, 0.717) is 0 Å². The summed E-state index contributed by atoms with van der Waals surface area (Å²) in [6, 6.07) is 55.1. The second-order valence-corrected chi connectivity index (χ2v) is 11.8. The Morgan fingerprint density at radius 3 is 1.76 bits per heavy atom. The molecule has 0 fully saturated rings. The Labute approximate surface area is 247 Å². The zero-order chi connectivity index (χ0) is 28.3. The molecule has 1 nitrogen and oxygen atoms in total. The molecule has 0 saturated carbocycles. The molecule has 1 aliphatic rings. The molecule has 0 heterocycles. The van der Waals surface area contributed by atoms with Crippen molar-refractivity contribution in [1.29, 1.82) is 0 Å². The van der Waals surface area contributed by atoms with Crippen LogP contribution in [0.1, 0.15) is 25.0 Å². The van der Waals surface area contributed by atoms with Crippen LogP contribution in [-0.4, -0.2) is 0 Å². The number of nitrogens with zero attached hydrogens (tertiary/aromatic N) is 1. The lowest BCUT2D eigenvalue weighted by Crippen LogP contribution is -2.15. The number of benzene rings is 7. The zero-order valence-electron chi connectivity index (χ0n) is 23.9. The molecule has 0 amide bonds. The van der Waals surface area contributed by atoms with Gasteiger partial charge < -0.3 is 4.90 Å². The van der Waals surface area contributed by atoms with Gasteiger partial charge in [-0.05, 0) is 91.3 Å². The van der Waals surface area contributed by atoms with Gasteiger partial charge in [0, 0.05) is 22.5 Å². The number of para-hydroxylation sites is 1. The fraction of sp³-hybridized carbons (Fsp3) is 0.0732. The third-order valence-electron chi connectivity index (χ3n) is 9.01. The minimum absolute atomic E-state index is 0.0812. The molecule has 0 atom stereocenters. The average molecular weight is 538 g/mol. The van der Waals surface area contributed by atoms with Crippen LogP contribution in [0.3, 0.4) is 0 Å². The number of fused-ring (bicyclic) bond motifs is 8. The molecule has 8 rings (SSSR count). The zero-order valence-corrected chi connectivity index (χ0v) is 23.9. The quantitative estimate of drug-likeness (QED) is 0.202. The molecule has 0 bridgehead atoms. The monoisotopic (exact) mass is 537 g/mol. The van der Waals surface area contributed by atoms with Crippen molar-refractivity contribution in [3.8, 4) is 22.3 Å². The lowest BCUT2D eigenvalue weighted by Gasteiger charge is -2.28. The molecule has 0 spiro atoms. The predicted octanol–water partition coefficient (Wildman–Crippen LogP) is 11.4. The Balaban J connectivity index is 1.36. The van der Waals surface area contributed by atoms with Gasteiger partial charge in [0.2, 0.25) is 0 Å². The standard InChI is InChI=1S/C41H31N/c1-41(2)38-20-12-11-19-36(38)39-34-18-10-9-17-33(34)37-27-32(25-26-35(37)40(39)41)42(30-15-7-4-8-16-30)31-23-21-29(22-24-31)28-13-5-3-6-14-28/h3-27H,1-2H3. The van der Waals surface area contributed by atoms with E-state index in [4.69, 9.17) is 0 Å². The van der Waals surface area contributed by atoms with Crippen LogP contribution in [0.4, 0.5) is 17.1 Å². The first-order valence-corrected chi connectivity index (χ1v) is 14.7. The maximum absolute atomic E-state index is 2.40. The van der Waals surface area contributed by atoms with Crippen LogP contribution in [0.2, 0.25) is 0 Å². The summed E-state index contributed by atoms with van der Waals surface area (Å²) >= 11 is 0. The van der Waals surface area contributed by atoms with E-state index in [-0.39, 0.29) is 5.41 Å². The molecule has 7 aromatic carbocycles. The lowest BCUT2D eigenvalue weighted by atomic mass is 9.79. The van der Waals surface area contributed by atoms with E-state index in [1.807, 2.05) is 0 Å². The molecule has 1 heteroatoms. The molecular formula is C41H31N. The van der Waals surface area contributed by atoms with Crippen LogP contribution in [0.15, 0.2) is 152 Å². The summed E-state index contributed by atoms with van der Waals surface area (Å²) in [5.41, 5.74) is 11.4. The molecule has 7 aromatic rings. The van der Waals surface area contributed by atoms with Gasteiger partial charge in [0.25, 0.3) is 0 Å². The highest BCUT2D eigenvalue weighted by atomic mass is 15.1. The van der Waals surface area contributed by atoms with E-state index in [0.717, 1.165) is 17.1 Å². The van der Waals surface area contributed by atoms with Crippen molar-refractivity contribution >= 4 is 38.6 Å². The van der Waals surface area contributed by atoms with E-state index in [1.54, 1.807) is 0 Å². The first-order chi connectivity index (χ1) is 20.6. The smallest absolute Gasteiger partial charge is 0.0468 e. The minimum Gasteiger partial charge on any atom is -0.310 e. The highest BCUT2D eigenvalue weighted by Gasteiger charge is 2.38. The molecule has 1 aliphatic carbocycles. The Kier molecular flexibility index (Phi) is 5.55. The summed E-state index contributed by atoms with van der Waals surface area (Å²) in [5, 5.41) is 5.26. The topological polar surface area (TPSA) is 3.24 Å². The number of hydrogen-bond acceptors (Lipinski definition) is 1. The van der Waals surface area contributed by atoms with Gasteiger partial charge in [-0.15, -0.1) is 0 Å². The van der Waals surface area contributed by atoms with Crippen molar-refractivity contribution in [2.24, 2.45) is 0 Å². The van der Waals surface area contributed by atoms with Crippen LogP contribution in [0.25, 0.3) is 43.8 Å². The van der Waals surface area contributed by atoms with E-state index in [2.05, 4.69) is 170 Å². The number of hydrogen-bond donors (Lipinski definition) is 0. The Morgan fingerprint density at radius 2 is 1.00 bits per heavy atom. The lowest BCUT2D eigenvalue weighted by molar-refractivity contribution is 0.666. The van der Waals surface area contributed by atoms with Gasteiger partial charge in [-0.3, -0.25) is 0 Å². The summed E-state index contributed by atoms with van der Waals surface area (Å²) in [5.74, 6) is 0. The summed E-state index contributed by atoms with van der Waals surface area (Å²) < 4.78 is 0. The molecular weight excluding hydrogens is 506 g/mol. The second-order valence-electron chi connectivity index (χ2n) is 11.8. The molecule has 200 valence electrons. The van der Waals surface area contributed by atoms with Gasteiger partial charge in [-0.1, -0.05) is 129 Å². The first kappa shape index (κ1) is 24.6. The van der Waals surface area contributed by atoms with E-state index < -0.39 is 0 Å². The van der Waals surface area contributed by atoms with Crippen molar-refractivity contribution in [2.75, 3.05) is 4.90 Å². The molecule has 0 radical (unpaired) electrons. The van der Waals surface area contributed by atoms with Crippen molar-refractivity contribution in [1.82, 2.24) is 0 Å². The minimum atomic E-state index is -0.0812. The third kappa shape index (κ3) is 3.71. The molecule has 42 heavy (non-hydrogen) atoms. The third-order valence-corrected chi connectivity index (χ3v) is 9.01. The first-order valence-electron chi connectivity index (χ1n) is 14.7. The van der Waals surface area contributed by atoms with Gasteiger partial charge in [-0.25, -0.2) is 0 Å². The van der Waals surface area contributed by atoms with Crippen LogP contribution < -0.4 is 4.90 Å². The van der Waals surface area contributed by atoms with Gasteiger partial charge in [-0.2, -0.15) is 0 Å². The Bertz CT molecular complexity index is 2090. The van der Waals surface area contributed by atoms with Crippen molar-refractivity contribution in [2.45, 2.75) is 19.3 Å². The van der Waals surface area contributed by atoms with Crippen molar-refractivity contribution < 1.29 is 0 Å². The molecule has 0 N–H and O–H groups in total. The maximum atomic E-state index is 2.40. The predicted molar refractivity (Wildman–Crippen MR) is 179 cm³/mol. The van der Waals surface area contributed by atoms with Crippen LogP contribution >= 0.6 is 0 Å². The van der Waals surface area contributed by atoms with Crippen molar-refractivity contribution in [3.05, 3.63) is 163 Å². The number of anilines is 3. The Hall–Kier alpha value is -5.14. The molecule has 0 saturated heterocycles.